The zero-order valence-corrected chi connectivity index (χ0v) is 13.8. The maximum Gasteiger partial charge on any atom is 0.127 e. The van der Waals surface area contributed by atoms with Crippen LogP contribution in [0.15, 0.2) is 18.2 Å². The molecule has 1 atom stereocenters. The molecule has 0 spiro atoms. The Morgan fingerprint density at radius 3 is 2.86 bits per heavy atom. The van der Waals surface area contributed by atoms with E-state index in [4.69, 9.17) is 4.74 Å². The Labute approximate surface area is 129 Å². The molecule has 2 aromatic rings. The van der Waals surface area contributed by atoms with Gasteiger partial charge in [0.15, 0.2) is 0 Å². The molecule has 1 N–H and O–H groups in total. The van der Waals surface area contributed by atoms with Gasteiger partial charge in [-0.2, -0.15) is 0 Å². The van der Waals surface area contributed by atoms with E-state index in [9.17, 15) is 0 Å². The Morgan fingerprint density at radius 1 is 1.33 bits per heavy atom. The Balaban J connectivity index is 2.09. The van der Waals surface area contributed by atoms with Gasteiger partial charge in [0.2, 0.25) is 0 Å². The van der Waals surface area contributed by atoms with Crippen molar-refractivity contribution in [2.24, 2.45) is 0 Å². The van der Waals surface area contributed by atoms with Gasteiger partial charge in [-0.1, -0.05) is 43.5 Å². The Kier molecular flexibility index (Phi) is 3.71. The predicted octanol–water partition coefficient (Wildman–Crippen LogP) is 3.08. The average molecular weight is 303 g/mol. The van der Waals surface area contributed by atoms with Crippen molar-refractivity contribution >= 4 is 11.5 Å². The molecular formula is C16H21N3OS. The third-order valence-corrected chi connectivity index (χ3v) is 4.62. The van der Waals surface area contributed by atoms with Crippen molar-refractivity contribution in [1.29, 1.82) is 0 Å². The number of nitrogens with one attached hydrogen (secondary N) is 1. The topological polar surface area (TPSA) is 47.0 Å². The second-order valence-electron chi connectivity index (χ2n) is 6.39. The van der Waals surface area contributed by atoms with Crippen molar-refractivity contribution in [1.82, 2.24) is 14.9 Å². The highest BCUT2D eigenvalue weighted by Crippen LogP contribution is 2.39. The fourth-order valence-electron chi connectivity index (χ4n) is 2.80. The molecule has 0 aliphatic carbocycles. The molecule has 1 aromatic carbocycles. The summed E-state index contributed by atoms with van der Waals surface area (Å²) in [5.41, 5.74) is 3.52. The van der Waals surface area contributed by atoms with Crippen LogP contribution in [-0.2, 0) is 11.8 Å². The molecule has 0 fully saturated rings. The van der Waals surface area contributed by atoms with E-state index in [2.05, 4.69) is 53.9 Å². The minimum atomic E-state index is -0.0176. The molecule has 0 saturated heterocycles. The second-order valence-corrected chi connectivity index (χ2v) is 7.18. The molecule has 4 nitrogen and oxygen atoms in total. The summed E-state index contributed by atoms with van der Waals surface area (Å²) in [6.07, 6.45) is 0.993. The SMILES string of the molecule is CNC(c1cccc2c1OCC2)c1snnc1C(C)(C)C. The summed E-state index contributed by atoms with van der Waals surface area (Å²) in [6.45, 7) is 7.29. The van der Waals surface area contributed by atoms with Gasteiger partial charge in [0.25, 0.3) is 0 Å². The van der Waals surface area contributed by atoms with E-state index in [1.165, 1.54) is 27.5 Å². The van der Waals surface area contributed by atoms with Gasteiger partial charge in [0, 0.05) is 17.4 Å². The fraction of sp³-hybridized carbons (Fsp3) is 0.500. The molecule has 2 heterocycles. The predicted molar refractivity (Wildman–Crippen MR) is 85.2 cm³/mol. The van der Waals surface area contributed by atoms with Gasteiger partial charge in [-0.3, -0.25) is 0 Å². The largest absolute Gasteiger partial charge is 0.493 e. The highest BCUT2D eigenvalue weighted by molar-refractivity contribution is 7.05. The van der Waals surface area contributed by atoms with Gasteiger partial charge in [0.05, 0.1) is 23.2 Å². The molecule has 1 aliphatic rings. The van der Waals surface area contributed by atoms with Crippen LogP contribution >= 0.6 is 11.5 Å². The monoisotopic (exact) mass is 303 g/mol. The highest BCUT2D eigenvalue weighted by Gasteiger charge is 2.30. The van der Waals surface area contributed by atoms with Gasteiger partial charge in [-0.15, -0.1) is 5.10 Å². The van der Waals surface area contributed by atoms with Crippen LogP contribution < -0.4 is 10.1 Å². The standard InChI is InChI=1S/C16H21N3OS/c1-16(2,3)15-14(21-19-18-15)12(17-4)11-7-5-6-10-8-9-20-13(10)11/h5-7,12,17H,8-9H2,1-4H3. The third kappa shape index (κ3) is 2.56. The van der Waals surface area contributed by atoms with Crippen LogP contribution in [0, 0.1) is 0 Å². The normalized spacial score (nSPS) is 15.6. The molecule has 1 aliphatic heterocycles. The molecule has 0 bridgehead atoms. The summed E-state index contributed by atoms with van der Waals surface area (Å²) in [6, 6.07) is 6.47. The fourth-order valence-corrected chi connectivity index (χ4v) is 3.80. The van der Waals surface area contributed by atoms with Crippen LogP contribution in [0.3, 0.4) is 0 Å². The zero-order chi connectivity index (χ0) is 15.0. The number of benzene rings is 1. The maximum atomic E-state index is 5.86. The summed E-state index contributed by atoms with van der Waals surface area (Å²) in [5, 5.41) is 7.78. The molecule has 1 aromatic heterocycles. The van der Waals surface area contributed by atoms with E-state index >= 15 is 0 Å². The minimum Gasteiger partial charge on any atom is -0.493 e. The van der Waals surface area contributed by atoms with Crippen LogP contribution in [0.4, 0.5) is 0 Å². The summed E-state index contributed by atoms with van der Waals surface area (Å²) in [5.74, 6) is 1.03. The molecule has 0 amide bonds. The number of aromatic nitrogens is 2. The molecular weight excluding hydrogens is 282 g/mol. The first kappa shape index (κ1) is 14.5. The van der Waals surface area contributed by atoms with Gasteiger partial charge < -0.3 is 10.1 Å². The van der Waals surface area contributed by atoms with Crippen LogP contribution in [0.25, 0.3) is 0 Å². The molecule has 0 saturated carbocycles. The summed E-state index contributed by atoms with van der Waals surface area (Å²) < 4.78 is 10.0. The van der Waals surface area contributed by atoms with E-state index in [1.54, 1.807) is 0 Å². The average Bonchev–Trinajstić information content (AvgIpc) is 3.07. The van der Waals surface area contributed by atoms with E-state index in [0.29, 0.717) is 0 Å². The summed E-state index contributed by atoms with van der Waals surface area (Å²) >= 11 is 1.47. The van der Waals surface area contributed by atoms with Gasteiger partial charge in [-0.05, 0) is 24.1 Å². The van der Waals surface area contributed by atoms with Crippen molar-refractivity contribution in [3.8, 4) is 5.75 Å². The second kappa shape index (κ2) is 5.39. The number of para-hydroxylation sites is 1. The number of nitrogens with zero attached hydrogens (tertiary/aromatic N) is 2. The zero-order valence-electron chi connectivity index (χ0n) is 12.9. The lowest BCUT2D eigenvalue weighted by Crippen LogP contribution is -2.22. The molecule has 1 unspecified atom stereocenters. The van der Waals surface area contributed by atoms with Crippen LogP contribution in [0.2, 0.25) is 0 Å². The Morgan fingerprint density at radius 2 is 2.14 bits per heavy atom. The van der Waals surface area contributed by atoms with E-state index in [1.807, 2.05) is 7.05 Å². The van der Waals surface area contributed by atoms with Crippen molar-refractivity contribution in [2.75, 3.05) is 13.7 Å². The Bertz CT molecular complexity index is 645. The van der Waals surface area contributed by atoms with E-state index in [-0.39, 0.29) is 11.5 Å². The number of fused-ring (bicyclic) bond motifs is 1. The van der Waals surface area contributed by atoms with Gasteiger partial charge in [0.1, 0.15) is 5.75 Å². The van der Waals surface area contributed by atoms with Crippen molar-refractivity contribution in [3.63, 3.8) is 0 Å². The first-order valence-electron chi connectivity index (χ1n) is 7.27. The van der Waals surface area contributed by atoms with Crippen LogP contribution in [-0.4, -0.2) is 23.2 Å². The molecule has 3 rings (SSSR count). The smallest absolute Gasteiger partial charge is 0.127 e. The van der Waals surface area contributed by atoms with Crippen molar-refractivity contribution < 1.29 is 4.74 Å². The van der Waals surface area contributed by atoms with E-state index in [0.717, 1.165) is 24.5 Å². The summed E-state index contributed by atoms with van der Waals surface area (Å²) in [4.78, 5) is 1.17. The highest BCUT2D eigenvalue weighted by atomic mass is 32.1. The van der Waals surface area contributed by atoms with Crippen molar-refractivity contribution in [2.45, 2.75) is 38.6 Å². The molecule has 21 heavy (non-hydrogen) atoms. The molecule has 112 valence electrons. The first-order valence-corrected chi connectivity index (χ1v) is 8.04. The number of hydrogen-bond donors (Lipinski definition) is 1. The lowest BCUT2D eigenvalue weighted by atomic mass is 9.88. The lowest BCUT2D eigenvalue weighted by molar-refractivity contribution is 0.351. The third-order valence-electron chi connectivity index (χ3n) is 3.83. The molecule has 0 radical (unpaired) electrons. The molecule has 5 heteroatoms. The first-order chi connectivity index (χ1) is 10.0. The van der Waals surface area contributed by atoms with Crippen LogP contribution in [0.5, 0.6) is 5.75 Å². The maximum absolute atomic E-state index is 5.86. The quantitative estimate of drug-likeness (QED) is 0.946. The van der Waals surface area contributed by atoms with E-state index < -0.39 is 0 Å². The Hall–Kier alpha value is -1.46. The van der Waals surface area contributed by atoms with Crippen LogP contribution in [0.1, 0.15) is 48.5 Å². The summed E-state index contributed by atoms with van der Waals surface area (Å²) in [7, 11) is 1.98. The minimum absolute atomic E-state index is 0.0176. The number of hydrogen-bond acceptors (Lipinski definition) is 5. The lowest BCUT2D eigenvalue weighted by Gasteiger charge is -2.23. The van der Waals surface area contributed by atoms with Gasteiger partial charge >= 0.3 is 0 Å². The van der Waals surface area contributed by atoms with Gasteiger partial charge in [-0.25, -0.2) is 0 Å². The number of rotatable bonds is 3. The number of ether oxygens (including phenoxy) is 1. The van der Waals surface area contributed by atoms with Crippen molar-refractivity contribution in [3.05, 3.63) is 39.9 Å².